The van der Waals surface area contributed by atoms with Crippen molar-refractivity contribution in [3.8, 4) is 0 Å². The van der Waals surface area contributed by atoms with Gasteiger partial charge in [-0.15, -0.1) is 11.6 Å². The molecular formula is C12H20ClN. The van der Waals surface area contributed by atoms with E-state index in [2.05, 4.69) is 0 Å². The number of alkyl halides is 1. The highest BCUT2D eigenvalue weighted by Crippen LogP contribution is 2.61. The summed E-state index contributed by atoms with van der Waals surface area (Å²) in [5, 5.41) is 0.246. The predicted octanol–water partition coefficient (Wildman–Crippen LogP) is 2.77. The van der Waals surface area contributed by atoms with Crippen LogP contribution in [0.3, 0.4) is 0 Å². The molecule has 80 valence electrons. The molecular weight excluding hydrogens is 194 g/mol. The van der Waals surface area contributed by atoms with Gasteiger partial charge in [0.2, 0.25) is 0 Å². The van der Waals surface area contributed by atoms with Gasteiger partial charge in [-0.05, 0) is 61.7 Å². The average molecular weight is 214 g/mol. The molecule has 4 fully saturated rings. The molecule has 1 atom stereocenters. The van der Waals surface area contributed by atoms with Crippen molar-refractivity contribution < 1.29 is 0 Å². The third-order valence-electron chi connectivity index (χ3n) is 4.96. The van der Waals surface area contributed by atoms with Crippen LogP contribution in [0.2, 0.25) is 0 Å². The van der Waals surface area contributed by atoms with Crippen LogP contribution in [0, 0.1) is 23.2 Å². The summed E-state index contributed by atoms with van der Waals surface area (Å²) in [7, 11) is 0. The van der Waals surface area contributed by atoms with E-state index in [1.54, 1.807) is 0 Å². The lowest BCUT2D eigenvalue weighted by molar-refractivity contribution is -0.0533. The second-order valence-electron chi connectivity index (χ2n) is 5.98. The van der Waals surface area contributed by atoms with E-state index >= 15 is 0 Å². The van der Waals surface area contributed by atoms with E-state index in [-0.39, 0.29) is 5.38 Å². The van der Waals surface area contributed by atoms with E-state index in [4.69, 9.17) is 17.3 Å². The smallest absolute Gasteiger partial charge is 0.0514 e. The summed E-state index contributed by atoms with van der Waals surface area (Å²) in [5.74, 6) is 2.98. The second-order valence-corrected chi connectivity index (χ2v) is 6.51. The maximum absolute atomic E-state index is 6.46. The van der Waals surface area contributed by atoms with E-state index < -0.39 is 0 Å². The van der Waals surface area contributed by atoms with Crippen LogP contribution in [0.15, 0.2) is 0 Å². The van der Waals surface area contributed by atoms with Crippen molar-refractivity contribution in [2.75, 3.05) is 6.54 Å². The number of nitrogens with two attached hydrogens (primary N) is 1. The van der Waals surface area contributed by atoms with Gasteiger partial charge in [-0.25, -0.2) is 0 Å². The predicted molar refractivity (Wildman–Crippen MR) is 59.3 cm³/mol. The van der Waals surface area contributed by atoms with Crippen LogP contribution in [-0.4, -0.2) is 11.9 Å². The Hall–Kier alpha value is 0.250. The molecule has 4 aliphatic carbocycles. The molecule has 1 nitrogen and oxygen atoms in total. The molecule has 4 saturated carbocycles. The van der Waals surface area contributed by atoms with Crippen molar-refractivity contribution in [2.24, 2.45) is 28.9 Å². The van der Waals surface area contributed by atoms with Crippen molar-refractivity contribution in [3.05, 3.63) is 0 Å². The highest BCUT2D eigenvalue weighted by molar-refractivity contribution is 6.21. The van der Waals surface area contributed by atoms with Gasteiger partial charge in [0.05, 0.1) is 5.38 Å². The fraction of sp³-hybridized carbons (Fsp3) is 1.00. The molecule has 4 rings (SSSR count). The third-order valence-corrected chi connectivity index (χ3v) is 5.60. The molecule has 0 aromatic carbocycles. The molecule has 1 unspecified atom stereocenters. The van der Waals surface area contributed by atoms with Crippen LogP contribution in [0.25, 0.3) is 0 Å². The molecule has 0 radical (unpaired) electrons. The first-order valence-electron chi connectivity index (χ1n) is 6.06. The minimum atomic E-state index is 0.246. The monoisotopic (exact) mass is 213 g/mol. The van der Waals surface area contributed by atoms with Crippen LogP contribution < -0.4 is 5.73 Å². The minimum absolute atomic E-state index is 0.246. The Balaban J connectivity index is 1.87. The highest BCUT2D eigenvalue weighted by Gasteiger charge is 2.53. The van der Waals surface area contributed by atoms with E-state index in [0.717, 1.165) is 17.8 Å². The number of hydrogen-bond acceptors (Lipinski definition) is 1. The zero-order chi connectivity index (χ0) is 9.76. The Morgan fingerprint density at radius 3 is 1.86 bits per heavy atom. The van der Waals surface area contributed by atoms with Crippen molar-refractivity contribution in [1.29, 1.82) is 0 Å². The van der Waals surface area contributed by atoms with Gasteiger partial charge in [0.15, 0.2) is 0 Å². The van der Waals surface area contributed by atoms with Gasteiger partial charge in [0.1, 0.15) is 0 Å². The summed E-state index contributed by atoms with van der Waals surface area (Å²) in [6.07, 6.45) is 8.62. The van der Waals surface area contributed by atoms with Crippen LogP contribution >= 0.6 is 11.6 Å². The molecule has 2 heteroatoms. The first-order chi connectivity index (χ1) is 6.72. The molecule has 0 amide bonds. The quantitative estimate of drug-likeness (QED) is 0.702. The number of hydrogen-bond donors (Lipinski definition) is 1. The van der Waals surface area contributed by atoms with Crippen molar-refractivity contribution >= 4 is 11.6 Å². The van der Waals surface area contributed by atoms with E-state index in [0.29, 0.717) is 12.0 Å². The second kappa shape index (κ2) is 3.12. The molecule has 0 aromatic rings. The Bertz CT molecular complexity index is 203. The molecule has 0 aliphatic heterocycles. The van der Waals surface area contributed by atoms with Crippen LogP contribution in [0.4, 0.5) is 0 Å². The lowest BCUT2D eigenvalue weighted by Gasteiger charge is -2.58. The van der Waals surface area contributed by atoms with Crippen LogP contribution in [-0.2, 0) is 0 Å². The van der Waals surface area contributed by atoms with E-state index in [1.807, 2.05) is 0 Å². The number of halogens is 1. The first-order valence-corrected chi connectivity index (χ1v) is 6.49. The van der Waals surface area contributed by atoms with Gasteiger partial charge in [0.25, 0.3) is 0 Å². The molecule has 14 heavy (non-hydrogen) atoms. The maximum atomic E-state index is 6.46. The van der Waals surface area contributed by atoms with Gasteiger partial charge in [-0.1, -0.05) is 0 Å². The average Bonchev–Trinajstić information content (AvgIpc) is 2.14. The normalized spacial score (nSPS) is 52.3. The zero-order valence-corrected chi connectivity index (χ0v) is 9.47. The Morgan fingerprint density at radius 2 is 1.50 bits per heavy atom. The highest BCUT2D eigenvalue weighted by atomic mass is 35.5. The van der Waals surface area contributed by atoms with Crippen molar-refractivity contribution in [2.45, 2.75) is 43.9 Å². The largest absolute Gasteiger partial charge is 0.329 e. The molecule has 2 N–H and O–H groups in total. The molecule has 0 heterocycles. The van der Waals surface area contributed by atoms with Gasteiger partial charge in [0, 0.05) is 6.54 Å². The SMILES string of the molecule is NCC(Cl)C12CC3CC(CC(C3)C1)C2. The molecule has 4 aliphatic rings. The maximum Gasteiger partial charge on any atom is 0.0514 e. The first kappa shape index (κ1) is 9.47. The van der Waals surface area contributed by atoms with Gasteiger partial charge in [-0.2, -0.15) is 0 Å². The summed E-state index contributed by atoms with van der Waals surface area (Å²) >= 11 is 6.46. The Labute approximate surface area is 91.4 Å². The van der Waals surface area contributed by atoms with Crippen LogP contribution in [0.5, 0.6) is 0 Å². The fourth-order valence-electron chi connectivity index (χ4n) is 4.81. The number of rotatable bonds is 2. The minimum Gasteiger partial charge on any atom is -0.329 e. The summed E-state index contributed by atoms with van der Waals surface area (Å²) in [6, 6.07) is 0. The van der Waals surface area contributed by atoms with Crippen molar-refractivity contribution in [3.63, 3.8) is 0 Å². The lowest BCUT2D eigenvalue weighted by atomic mass is 9.49. The zero-order valence-electron chi connectivity index (χ0n) is 8.71. The molecule has 0 saturated heterocycles. The fourth-order valence-corrected chi connectivity index (χ4v) is 5.08. The lowest BCUT2D eigenvalue weighted by Crippen LogP contribution is -2.51. The third kappa shape index (κ3) is 1.25. The van der Waals surface area contributed by atoms with Gasteiger partial charge >= 0.3 is 0 Å². The van der Waals surface area contributed by atoms with Crippen LogP contribution in [0.1, 0.15) is 38.5 Å². The molecule has 0 aromatic heterocycles. The Morgan fingerprint density at radius 1 is 1.07 bits per heavy atom. The summed E-state index contributed by atoms with van der Waals surface area (Å²) in [6.45, 7) is 0.674. The summed E-state index contributed by atoms with van der Waals surface area (Å²) in [5.41, 5.74) is 6.21. The van der Waals surface area contributed by atoms with E-state index in [1.165, 1.54) is 38.5 Å². The van der Waals surface area contributed by atoms with Gasteiger partial charge < -0.3 is 5.73 Å². The van der Waals surface area contributed by atoms with Crippen molar-refractivity contribution in [1.82, 2.24) is 0 Å². The molecule has 0 spiro atoms. The molecule has 4 bridgehead atoms. The topological polar surface area (TPSA) is 26.0 Å². The summed E-state index contributed by atoms with van der Waals surface area (Å²) in [4.78, 5) is 0. The van der Waals surface area contributed by atoms with Gasteiger partial charge in [-0.3, -0.25) is 0 Å². The van der Waals surface area contributed by atoms with E-state index in [9.17, 15) is 0 Å². The Kier molecular flexibility index (Phi) is 2.11. The standard InChI is InChI=1S/C12H20ClN/c13-11(7-14)12-4-8-1-9(5-12)3-10(2-8)6-12/h8-11H,1-7,14H2. The summed E-state index contributed by atoms with van der Waals surface area (Å²) < 4.78 is 0.